The lowest BCUT2D eigenvalue weighted by Crippen LogP contribution is -2.20. The quantitative estimate of drug-likeness (QED) is 0.393. The van der Waals surface area contributed by atoms with Crippen molar-refractivity contribution in [1.82, 2.24) is 0 Å². The summed E-state index contributed by atoms with van der Waals surface area (Å²) in [4.78, 5) is 0. The van der Waals surface area contributed by atoms with Crippen LogP contribution >= 0.6 is 0 Å². The Balaban J connectivity index is 3.29. The Kier molecular flexibility index (Phi) is 12.2. The van der Waals surface area contributed by atoms with Gasteiger partial charge in [-0.25, -0.2) is 0 Å². The second-order valence-electron chi connectivity index (χ2n) is 4.21. The summed E-state index contributed by atoms with van der Waals surface area (Å²) in [6, 6.07) is 0. The summed E-state index contributed by atoms with van der Waals surface area (Å²) in [6.45, 7) is 12.3. The maximum atomic E-state index is 5.45. The van der Waals surface area contributed by atoms with E-state index in [4.69, 9.17) is 18.9 Å². The van der Waals surface area contributed by atoms with Crippen LogP contribution in [0.4, 0.5) is 0 Å². The first kappa shape index (κ1) is 16.8. The lowest BCUT2D eigenvalue weighted by Gasteiger charge is -2.16. The molecule has 4 nitrogen and oxygen atoms in total. The molecule has 17 heavy (non-hydrogen) atoms. The van der Waals surface area contributed by atoms with Crippen LogP contribution in [-0.2, 0) is 18.9 Å². The van der Waals surface area contributed by atoms with Crippen molar-refractivity contribution in [3.8, 4) is 0 Å². The molecule has 0 unspecified atom stereocenters. The van der Waals surface area contributed by atoms with Crippen LogP contribution in [0.15, 0.2) is 0 Å². The first-order valence-corrected chi connectivity index (χ1v) is 6.59. The van der Waals surface area contributed by atoms with Crippen molar-refractivity contribution in [3.63, 3.8) is 0 Å². The Hall–Kier alpha value is -0.160. The minimum absolute atomic E-state index is 0.137. The highest BCUT2D eigenvalue weighted by Gasteiger charge is 2.06. The zero-order valence-electron chi connectivity index (χ0n) is 11.7. The van der Waals surface area contributed by atoms with Gasteiger partial charge in [0.1, 0.15) is 0 Å². The van der Waals surface area contributed by atoms with Gasteiger partial charge in [-0.2, -0.15) is 0 Å². The minimum atomic E-state index is -0.137. The monoisotopic (exact) mass is 248 g/mol. The van der Waals surface area contributed by atoms with E-state index >= 15 is 0 Å². The van der Waals surface area contributed by atoms with Crippen LogP contribution in [0, 0.1) is 5.92 Å². The van der Waals surface area contributed by atoms with Crippen LogP contribution in [0.5, 0.6) is 0 Å². The molecular weight excluding hydrogens is 220 g/mol. The lowest BCUT2D eigenvalue weighted by atomic mass is 10.2. The standard InChI is InChI=1S/C13H28O4/c1-5-16-13(17-6-2)7-8-14-9-10-15-11-12(3)4/h12-13H,5-11H2,1-4H3. The molecule has 0 fully saturated rings. The number of ether oxygens (including phenoxy) is 4. The fourth-order valence-electron chi connectivity index (χ4n) is 1.31. The molecule has 0 N–H and O–H groups in total. The van der Waals surface area contributed by atoms with Crippen molar-refractivity contribution in [2.24, 2.45) is 5.92 Å². The van der Waals surface area contributed by atoms with E-state index in [1.54, 1.807) is 0 Å². The molecule has 0 aliphatic heterocycles. The highest BCUT2D eigenvalue weighted by molar-refractivity contribution is 4.45. The van der Waals surface area contributed by atoms with Gasteiger partial charge in [-0.15, -0.1) is 0 Å². The van der Waals surface area contributed by atoms with Crippen LogP contribution in [0.1, 0.15) is 34.1 Å². The predicted molar refractivity (Wildman–Crippen MR) is 68.1 cm³/mol. The number of hydrogen-bond donors (Lipinski definition) is 0. The molecule has 0 aromatic rings. The van der Waals surface area contributed by atoms with Crippen molar-refractivity contribution >= 4 is 0 Å². The first-order valence-electron chi connectivity index (χ1n) is 6.59. The fraction of sp³-hybridized carbons (Fsp3) is 1.00. The second kappa shape index (κ2) is 12.3. The molecule has 0 rings (SSSR count). The van der Waals surface area contributed by atoms with E-state index in [0.29, 0.717) is 39.0 Å². The van der Waals surface area contributed by atoms with Gasteiger partial charge in [-0.1, -0.05) is 13.8 Å². The normalized spacial score (nSPS) is 11.6. The van der Waals surface area contributed by atoms with E-state index in [-0.39, 0.29) is 6.29 Å². The average molecular weight is 248 g/mol. The maximum absolute atomic E-state index is 5.45. The maximum Gasteiger partial charge on any atom is 0.159 e. The highest BCUT2D eigenvalue weighted by atomic mass is 16.7. The van der Waals surface area contributed by atoms with Crippen molar-refractivity contribution in [3.05, 3.63) is 0 Å². The topological polar surface area (TPSA) is 36.9 Å². The minimum Gasteiger partial charge on any atom is -0.379 e. The van der Waals surface area contributed by atoms with E-state index in [2.05, 4.69) is 13.8 Å². The third-order valence-corrected chi connectivity index (χ3v) is 2.03. The molecule has 0 atom stereocenters. The Bertz CT molecular complexity index is 144. The molecule has 4 heteroatoms. The van der Waals surface area contributed by atoms with E-state index in [1.165, 1.54) is 0 Å². The number of hydrogen-bond acceptors (Lipinski definition) is 4. The zero-order chi connectivity index (χ0) is 12.9. The van der Waals surface area contributed by atoms with Gasteiger partial charge in [0.25, 0.3) is 0 Å². The summed E-state index contributed by atoms with van der Waals surface area (Å²) in [5.41, 5.74) is 0. The average Bonchev–Trinajstić information content (AvgIpc) is 2.28. The third kappa shape index (κ3) is 12.1. The fourth-order valence-corrected chi connectivity index (χ4v) is 1.31. The summed E-state index contributed by atoms with van der Waals surface area (Å²) < 4.78 is 21.7. The molecule has 104 valence electrons. The van der Waals surface area contributed by atoms with Crippen molar-refractivity contribution in [1.29, 1.82) is 0 Å². The van der Waals surface area contributed by atoms with Gasteiger partial charge in [0.15, 0.2) is 6.29 Å². The van der Waals surface area contributed by atoms with Gasteiger partial charge in [-0.3, -0.25) is 0 Å². The van der Waals surface area contributed by atoms with Crippen LogP contribution in [-0.4, -0.2) is 45.9 Å². The van der Waals surface area contributed by atoms with E-state index in [0.717, 1.165) is 13.0 Å². The van der Waals surface area contributed by atoms with Crippen molar-refractivity contribution < 1.29 is 18.9 Å². The second-order valence-corrected chi connectivity index (χ2v) is 4.21. The molecule has 0 amide bonds. The molecule has 0 aromatic heterocycles. The molecule has 0 bridgehead atoms. The Morgan fingerprint density at radius 2 is 1.41 bits per heavy atom. The molecule has 0 aromatic carbocycles. The van der Waals surface area contributed by atoms with Gasteiger partial charge >= 0.3 is 0 Å². The highest BCUT2D eigenvalue weighted by Crippen LogP contribution is 2.01. The van der Waals surface area contributed by atoms with Crippen LogP contribution in [0.25, 0.3) is 0 Å². The molecule has 0 spiro atoms. The summed E-state index contributed by atoms with van der Waals surface area (Å²) in [7, 11) is 0. The Morgan fingerprint density at radius 1 is 0.824 bits per heavy atom. The molecule has 0 saturated carbocycles. The Morgan fingerprint density at radius 3 is 1.94 bits per heavy atom. The SMILES string of the molecule is CCOC(CCOCCOCC(C)C)OCC. The molecule has 0 aliphatic rings. The van der Waals surface area contributed by atoms with Crippen LogP contribution < -0.4 is 0 Å². The van der Waals surface area contributed by atoms with Crippen molar-refractivity contribution in [2.75, 3.05) is 39.6 Å². The predicted octanol–water partition coefficient (Wildman–Crippen LogP) is 2.46. The van der Waals surface area contributed by atoms with Crippen LogP contribution in [0.3, 0.4) is 0 Å². The number of rotatable bonds is 12. The van der Waals surface area contributed by atoms with Gasteiger partial charge in [0.05, 0.1) is 19.8 Å². The molecule has 0 radical (unpaired) electrons. The van der Waals surface area contributed by atoms with Gasteiger partial charge in [0, 0.05) is 26.2 Å². The van der Waals surface area contributed by atoms with E-state index < -0.39 is 0 Å². The zero-order valence-corrected chi connectivity index (χ0v) is 11.7. The van der Waals surface area contributed by atoms with E-state index in [1.807, 2.05) is 13.8 Å². The molecule has 0 heterocycles. The first-order chi connectivity index (χ1) is 8.20. The lowest BCUT2D eigenvalue weighted by molar-refractivity contribution is -0.147. The Labute approximate surface area is 106 Å². The van der Waals surface area contributed by atoms with Gasteiger partial charge in [0.2, 0.25) is 0 Å². The summed E-state index contributed by atoms with van der Waals surface area (Å²) in [5, 5.41) is 0. The molecular formula is C13H28O4. The largest absolute Gasteiger partial charge is 0.379 e. The smallest absolute Gasteiger partial charge is 0.159 e. The summed E-state index contributed by atoms with van der Waals surface area (Å²) in [6.07, 6.45) is 0.632. The molecule has 0 saturated heterocycles. The van der Waals surface area contributed by atoms with Crippen molar-refractivity contribution in [2.45, 2.75) is 40.4 Å². The van der Waals surface area contributed by atoms with Gasteiger partial charge in [-0.05, 0) is 19.8 Å². The third-order valence-electron chi connectivity index (χ3n) is 2.03. The van der Waals surface area contributed by atoms with Crippen LogP contribution in [0.2, 0.25) is 0 Å². The summed E-state index contributed by atoms with van der Waals surface area (Å²) >= 11 is 0. The van der Waals surface area contributed by atoms with Gasteiger partial charge < -0.3 is 18.9 Å². The summed E-state index contributed by atoms with van der Waals surface area (Å²) in [5.74, 6) is 0.579. The van der Waals surface area contributed by atoms with E-state index in [9.17, 15) is 0 Å². The molecule has 0 aliphatic carbocycles.